The Kier molecular flexibility index (Phi) is 4.89. The number of rotatable bonds is 4. The number of piperidine rings is 1. The highest BCUT2D eigenvalue weighted by Gasteiger charge is 2.23. The number of aliphatic hydroxyl groups excluding tert-OH is 1. The average Bonchev–Trinajstić information content (AvgIpc) is 2.73. The maximum atomic E-state index is 11.1. The molecule has 8 heteroatoms. The monoisotopic (exact) mass is 369 g/mol. The van der Waals surface area contributed by atoms with Gasteiger partial charge in [0.15, 0.2) is 0 Å². The average molecular weight is 369 g/mol. The molecule has 0 unspecified atom stereocenters. The van der Waals surface area contributed by atoms with E-state index < -0.39 is 0 Å². The van der Waals surface area contributed by atoms with Gasteiger partial charge in [0.2, 0.25) is 0 Å². The first-order valence-corrected chi connectivity index (χ1v) is 9.33. The Morgan fingerprint density at radius 1 is 1.15 bits per heavy atom. The SMILES string of the molecule is O=[N+]([O-])c1ccc2c(c1)CN(c1cc(N3CCC[C@H](CO)C3)ncn1)CC2. The van der Waals surface area contributed by atoms with Crippen molar-refractivity contribution in [1.29, 1.82) is 0 Å². The van der Waals surface area contributed by atoms with Crippen LogP contribution in [0.4, 0.5) is 17.3 Å². The zero-order valence-corrected chi connectivity index (χ0v) is 15.1. The third-order valence-electron chi connectivity index (χ3n) is 5.48. The maximum Gasteiger partial charge on any atom is 0.269 e. The Hall–Kier alpha value is -2.74. The van der Waals surface area contributed by atoms with Gasteiger partial charge in [0.05, 0.1) is 4.92 Å². The zero-order chi connectivity index (χ0) is 18.8. The summed E-state index contributed by atoms with van der Waals surface area (Å²) in [5, 5.41) is 20.5. The Morgan fingerprint density at radius 3 is 2.74 bits per heavy atom. The van der Waals surface area contributed by atoms with Gasteiger partial charge in [0.25, 0.3) is 5.69 Å². The Morgan fingerprint density at radius 2 is 1.96 bits per heavy atom. The number of hydrogen-bond acceptors (Lipinski definition) is 7. The second kappa shape index (κ2) is 7.48. The first kappa shape index (κ1) is 17.7. The molecule has 1 fully saturated rings. The van der Waals surface area contributed by atoms with E-state index in [1.165, 1.54) is 0 Å². The van der Waals surface area contributed by atoms with Crippen LogP contribution in [0.5, 0.6) is 0 Å². The van der Waals surface area contributed by atoms with E-state index in [1.807, 2.05) is 12.1 Å². The molecule has 1 saturated heterocycles. The molecule has 8 nitrogen and oxygen atoms in total. The van der Waals surface area contributed by atoms with Crippen LogP contribution in [0, 0.1) is 16.0 Å². The molecule has 1 aromatic carbocycles. The van der Waals surface area contributed by atoms with E-state index in [-0.39, 0.29) is 17.2 Å². The molecule has 27 heavy (non-hydrogen) atoms. The molecule has 1 N–H and O–H groups in total. The lowest BCUT2D eigenvalue weighted by Crippen LogP contribution is -2.37. The van der Waals surface area contributed by atoms with E-state index in [0.717, 1.165) is 61.7 Å². The van der Waals surface area contributed by atoms with Crippen molar-refractivity contribution in [3.8, 4) is 0 Å². The number of benzene rings is 1. The van der Waals surface area contributed by atoms with Crippen LogP contribution in [0.25, 0.3) is 0 Å². The van der Waals surface area contributed by atoms with Crippen molar-refractivity contribution in [3.05, 3.63) is 51.8 Å². The van der Waals surface area contributed by atoms with Crippen LogP contribution >= 0.6 is 0 Å². The molecule has 2 aliphatic heterocycles. The first-order chi connectivity index (χ1) is 13.1. The summed E-state index contributed by atoms with van der Waals surface area (Å²) < 4.78 is 0. The Labute approximate surface area is 157 Å². The first-order valence-electron chi connectivity index (χ1n) is 9.33. The van der Waals surface area contributed by atoms with Crippen molar-refractivity contribution >= 4 is 17.3 Å². The number of nitrogens with zero attached hydrogens (tertiary/aromatic N) is 5. The molecule has 0 amide bonds. The number of nitro benzene ring substituents is 1. The summed E-state index contributed by atoms with van der Waals surface area (Å²) >= 11 is 0. The minimum absolute atomic E-state index is 0.127. The molecule has 4 rings (SSSR count). The van der Waals surface area contributed by atoms with Crippen molar-refractivity contribution in [3.63, 3.8) is 0 Å². The van der Waals surface area contributed by atoms with Gasteiger partial charge in [0, 0.05) is 51.0 Å². The fraction of sp³-hybridized carbons (Fsp3) is 0.474. The molecular weight excluding hydrogens is 346 g/mol. The molecule has 0 aliphatic carbocycles. The lowest BCUT2D eigenvalue weighted by Gasteiger charge is -2.34. The number of fused-ring (bicyclic) bond motifs is 1. The lowest BCUT2D eigenvalue weighted by molar-refractivity contribution is -0.384. The van der Waals surface area contributed by atoms with E-state index in [9.17, 15) is 15.2 Å². The van der Waals surface area contributed by atoms with Crippen molar-refractivity contribution in [1.82, 2.24) is 9.97 Å². The number of anilines is 2. The fourth-order valence-corrected chi connectivity index (χ4v) is 3.96. The van der Waals surface area contributed by atoms with Crippen LogP contribution in [-0.4, -0.2) is 46.2 Å². The fourth-order valence-electron chi connectivity index (χ4n) is 3.96. The Bertz CT molecular complexity index is 844. The third-order valence-corrected chi connectivity index (χ3v) is 5.48. The van der Waals surface area contributed by atoms with Gasteiger partial charge in [-0.15, -0.1) is 0 Å². The molecule has 0 bridgehead atoms. The van der Waals surface area contributed by atoms with Crippen LogP contribution in [0.3, 0.4) is 0 Å². The highest BCUT2D eigenvalue weighted by atomic mass is 16.6. The number of nitro groups is 1. The number of hydrogen-bond donors (Lipinski definition) is 1. The predicted molar refractivity (Wildman–Crippen MR) is 102 cm³/mol. The Balaban J connectivity index is 1.54. The largest absolute Gasteiger partial charge is 0.396 e. The third kappa shape index (κ3) is 3.71. The number of non-ortho nitro benzene ring substituents is 1. The molecule has 1 atom stereocenters. The second-order valence-corrected chi connectivity index (χ2v) is 7.25. The van der Waals surface area contributed by atoms with Crippen LogP contribution in [0.15, 0.2) is 30.6 Å². The van der Waals surface area contributed by atoms with Gasteiger partial charge in [0.1, 0.15) is 18.0 Å². The summed E-state index contributed by atoms with van der Waals surface area (Å²) in [4.78, 5) is 23.9. The van der Waals surface area contributed by atoms with Crippen molar-refractivity contribution < 1.29 is 10.0 Å². The van der Waals surface area contributed by atoms with Crippen molar-refractivity contribution in [2.75, 3.05) is 36.0 Å². The summed E-state index contributed by atoms with van der Waals surface area (Å²) in [7, 11) is 0. The molecule has 1 aromatic heterocycles. The summed E-state index contributed by atoms with van der Waals surface area (Å²) in [6, 6.07) is 7.09. The van der Waals surface area contributed by atoms with Gasteiger partial charge in [-0.3, -0.25) is 10.1 Å². The van der Waals surface area contributed by atoms with E-state index in [0.29, 0.717) is 12.5 Å². The quantitative estimate of drug-likeness (QED) is 0.652. The lowest BCUT2D eigenvalue weighted by atomic mass is 9.98. The van der Waals surface area contributed by atoms with Gasteiger partial charge >= 0.3 is 0 Å². The van der Waals surface area contributed by atoms with Crippen LogP contribution < -0.4 is 9.80 Å². The van der Waals surface area contributed by atoms with Gasteiger partial charge in [-0.25, -0.2) is 9.97 Å². The molecule has 2 aliphatic rings. The summed E-state index contributed by atoms with van der Waals surface area (Å²) in [5.41, 5.74) is 2.27. The maximum absolute atomic E-state index is 11.1. The minimum Gasteiger partial charge on any atom is -0.396 e. The molecule has 2 aromatic rings. The normalized spacial score (nSPS) is 19.7. The molecule has 0 spiro atoms. The molecular formula is C19H23N5O3. The topological polar surface area (TPSA) is 95.6 Å². The standard InChI is InChI=1S/C19H23N5O3/c25-12-14-2-1-6-22(10-14)18-9-19(21-13-20-18)23-7-5-15-3-4-17(24(26)27)8-16(15)11-23/h3-4,8-9,13-14,25H,1-2,5-7,10-12H2/t14-/m0/s1. The molecule has 0 radical (unpaired) electrons. The van der Waals surface area contributed by atoms with Crippen LogP contribution in [0.1, 0.15) is 24.0 Å². The van der Waals surface area contributed by atoms with E-state index in [1.54, 1.807) is 18.5 Å². The van der Waals surface area contributed by atoms with Gasteiger partial charge in [-0.1, -0.05) is 6.07 Å². The van der Waals surface area contributed by atoms with Gasteiger partial charge in [-0.2, -0.15) is 0 Å². The molecule has 0 saturated carbocycles. The van der Waals surface area contributed by atoms with E-state index >= 15 is 0 Å². The molecule has 3 heterocycles. The predicted octanol–water partition coefficient (Wildman–Crippen LogP) is 2.16. The second-order valence-electron chi connectivity index (χ2n) is 7.25. The van der Waals surface area contributed by atoms with Gasteiger partial charge in [-0.05, 0) is 36.3 Å². The highest BCUT2D eigenvalue weighted by Crippen LogP contribution is 2.28. The smallest absolute Gasteiger partial charge is 0.269 e. The highest BCUT2D eigenvalue weighted by molar-refractivity contribution is 5.53. The van der Waals surface area contributed by atoms with Crippen molar-refractivity contribution in [2.45, 2.75) is 25.8 Å². The van der Waals surface area contributed by atoms with Crippen LogP contribution in [-0.2, 0) is 13.0 Å². The molecule has 142 valence electrons. The summed E-state index contributed by atoms with van der Waals surface area (Å²) in [6.45, 7) is 3.37. The van der Waals surface area contributed by atoms with Gasteiger partial charge < -0.3 is 14.9 Å². The van der Waals surface area contributed by atoms with E-state index in [2.05, 4.69) is 19.8 Å². The van der Waals surface area contributed by atoms with Crippen LogP contribution in [0.2, 0.25) is 0 Å². The zero-order valence-electron chi connectivity index (χ0n) is 15.1. The number of aliphatic hydroxyl groups is 1. The van der Waals surface area contributed by atoms with E-state index in [4.69, 9.17) is 0 Å². The summed E-state index contributed by atoms with van der Waals surface area (Å²) in [5.74, 6) is 2.01. The van der Waals surface area contributed by atoms with Crippen molar-refractivity contribution in [2.24, 2.45) is 5.92 Å². The number of aromatic nitrogens is 2. The minimum atomic E-state index is -0.351. The summed E-state index contributed by atoms with van der Waals surface area (Å²) in [6.07, 6.45) is 4.51.